The SMILES string of the molecule is O=C(COc1cccc2ccccc12)N/N=C/c1cc(Br)ccc1OC(=O)c1ccc(Cl)cc1. The average Bonchev–Trinajstić information content (AvgIpc) is 2.84. The van der Waals surface area contributed by atoms with Crippen LogP contribution >= 0.6 is 27.5 Å². The Morgan fingerprint density at radius 1 is 0.941 bits per heavy atom. The molecule has 1 amide bonds. The maximum Gasteiger partial charge on any atom is 0.343 e. The number of halogens is 2. The summed E-state index contributed by atoms with van der Waals surface area (Å²) in [4.78, 5) is 24.7. The highest BCUT2D eigenvalue weighted by Crippen LogP contribution is 2.25. The highest BCUT2D eigenvalue weighted by atomic mass is 79.9. The smallest absolute Gasteiger partial charge is 0.343 e. The summed E-state index contributed by atoms with van der Waals surface area (Å²) in [6.07, 6.45) is 1.39. The molecule has 4 rings (SSSR count). The molecule has 0 aliphatic heterocycles. The summed E-state index contributed by atoms with van der Waals surface area (Å²) in [6.45, 7) is -0.206. The van der Waals surface area contributed by atoms with Gasteiger partial charge < -0.3 is 9.47 Å². The summed E-state index contributed by atoms with van der Waals surface area (Å²) >= 11 is 9.25. The molecule has 0 heterocycles. The largest absolute Gasteiger partial charge is 0.483 e. The van der Waals surface area contributed by atoms with Crippen molar-refractivity contribution < 1.29 is 19.1 Å². The average molecular weight is 538 g/mol. The van der Waals surface area contributed by atoms with Crippen LogP contribution in [0.5, 0.6) is 11.5 Å². The molecule has 0 atom stereocenters. The molecule has 34 heavy (non-hydrogen) atoms. The van der Waals surface area contributed by atoms with Crippen LogP contribution in [0.15, 0.2) is 94.5 Å². The third kappa shape index (κ3) is 6.01. The standard InChI is InChI=1S/C26H18BrClN2O4/c27-20-10-13-23(34-26(32)18-8-11-21(28)12-9-18)19(14-20)15-29-30-25(31)16-33-24-7-3-5-17-4-1-2-6-22(17)24/h1-15H,16H2,(H,30,31)/b29-15+. The van der Waals surface area contributed by atoms with Crippen molar-refractivity contribution in [1.82, 2.24) is 5.43 Å². The number of fused-ring (bicyclic) bond motifs is 1. The number of esters is 1. The van der Waals surface area contributed by atoms with Gasteiger partial charge in [0.05, 0.1) is 11.8 Å². The van der Waals surface area contributed by atoms with E-state index in [0.29, 0.717) is 21.9 Å². The summed E-state index contributed by atoms with van der Waals surface area (Å²) in [6, 6.07) is 24.9. The Kier molecular flexibility index (Phi) is 7.57. The van der Waals surface area contributed by atoms with E-state index in [-0.39, 0.29) is 12.4 Å². The predicted octanol–water partition coefficient (Wildman–Crippen LogP) is 6.00. The van der Waals surface area contributed by atoms with Gasteiger partial charge in [-0.3, -0.25) is 4.79 Å². The number of rotatable bonds is 7. The summed E-state index contributed by atoms with van der Waals surface area (Å²) in [5.74, 6) is -0.0752. The zero-order chi connectivity index (χ0) is 23.9. The lowest BCUT2D eigenvalue weighted by Crippen LogP contribution is -2.24. The highest BCUT2D eigenvalue weighted by molar-refractivity contribution is 9.10. The van der Waals surface area contributed by atoms with Crippen LogP contribution < -0.4 is 14.9 Å². The third-order valence-electron chi connectivity index (χ3n) is 4.76. The van der Waals surface area contributed by atoms with E-state index in [9.17, 15) is 9.59 Å². The molecule has 0 bridgehead atoms. The van der Waals surface area contributed by atoms with E-state index >= 15 is 0 Å². The topological polar surface area (TPSA) is 77.0 Å². The maximum atomic E-state index is 12.4. The number of benzene rings is 4. The molecule has 0 radical (unpaired) electrons. The summed E-state index contributed by atoms with van der Waals surface area (Å²) in [7, 11) is 0. The molecule has 0 spiro atoms. The normalized spacial score (nSPS) is 10.9. The van der Waals surface area contributed by atoms with Crippen molar-refractivity contribution in [3.8, 4) is 11.5 Å². The van der Waals surface area contributed by atoms with Gasteiger partial charge in [-0.15, -0.1) is 0 Å². The first kappa shape index (κ1) is 23.5. The summed E-state index contributed by atoms with van der Waals surface area (Å²) < 4.78 is 11.9. The van der Waals surface area contributed by atoms with E-state index in [1.165, 1.54) is 6.21 Å². The minimum absolute atomic E-state index is 0.206. The Morgan fingerprint density at radius 3 is 2.53 bits per heavy atom. The van der Waals surface area contributed by atoms with Crippen molar-refractivity contribution in [2.24, 2.45) is 5.10 Å². The number of nitrogens with one attached hydrogen (secondary N) is 1. The van der Waals surface area contributed by atoms with Gasteiger partial charge in [-0.25, -0.2) is 10.2 Å². The maximum absolute atomic E-state index is 12.4. The molecule has 0 aromatic heterocycles. The zero-order valence-electron chi connectivity index (χ0n) is 17.7. The molecule has 4 aromatic rings. The van der Waals surface area contributed by atoms with Gasteiger partial charge in [-0.2, -0.15) is 5.10 Å². The van der Waals surface area contributed by atoms with Gasteiger partial charge in [0.25, 0.3) is 5.91 Å². The fourth-order valence-electron chi connectivity index (χ4n) is 3.13. The van der Waals surface area contributed by atoms with Crippen molar-refractivity contribution in [3.63, 3.8) is 0 Å². The molecular formula is C26H18BrClN2O4. The van der Waals surface area contributed by atoms with E-state index in [1.807, 2.05) is 42.5 Å². The fraction of sp³-hybridized carbons (Fsp3) is 0.0385. The molecule has 0 fully saturated rings. The minimum atomic E-state index is -0.541. The van der Waals surface area contributed by atoms with Gasteiger partial charge in [-0.1, -0.05) is 63.9 Å². The molecule has 4 aromatic carbocycles. The number of carbonyl (C=O) groups excluding carboxylic acids is 2. The van der Waals surface area contributed by atoms with E-state index < -0.39 is 11.9 Å². The van der Waals surface area contributed by atoms with Crippen LogP contribution in [0.2, 0.25) is 5.02 Å². The molecular weight excluding hydrogens is 520 g/mol. The van der Waals surface area contributed by atoms with E-state index in [4.69, 9.17) is 21.1 Å². The van der Waals surface area contributed by atoms with Crippen molar-refractivity contribution in [1.29, 1.82) is 0 Å². The molecule has 170 valence electrons. The van der Waals surface area contributed by atoms with Gasteiger partial charge in [0.15, 0.2) is 6.61 Å². The van der Waals surface area contributed by atoms with Crippen LogP contribution in [0.4, 0.5) is 0 Å². The van der Waals surface area contributed by atoms with E-state index in [0.717, 1.165) is 15.2 Å². The molecule has 0 saturated heterocycles. The number of amides is 1. The quantitative estimate of drug-likeness (QED) is 0.136. The number of nitrogens with zero attached hydrogens (tertiary/aromatic N) is 1. The van der Waals surface area contributed by atoms with Crippen LogP contribution in [-0.4, -0.2) is 24.7 Å². The minimum Gasteiger partial charge on any atom is -0.483 e. The molecule has 1 N–H and O–H groups in total. The predicted molar refractivity (Wildman–Crippen MR) is 136 cm³/mol. The number of carbonyl (C=O) groups is 2. The second-order valence-electron chi connectivity index (χ2n) is 7.14. The second kappa shape index (κ2) is 11.0. The van der Waals surface area contributed by atoms with Crippen LogP contribution in [0.3, 0.4) is 0 Å². The Labute approximate surface area is 209 Å². The van der Waals surface area contributed by atoms with Crippen LogP contribution in [0.25, 0.3) is 10.8 Å². The van der Waals surface area contributed by atoms with Crippen molar-refractivity contribution in [2.45, 2.75) is 0 Å². The Balaban J connectivity index is 1.39. The molecule has 0 saturated carbocycles. The first-order valence-electron chi connectivity index (χ1n) is 10.2. The van der Waals surface area contributed by atoms with Gasteiger partial charge in [0, 0.05) is 20.4 Å². The number of hydrogen-bond acceptors (Lipinski definition) is 5. The first-order chi connectivity index (χ1) is 16.5. The molecule has 6 nitrogen and oxygen atoms in total. The summed E-state index contributed by atoms with van der Waals surface area (Å²) in [5, 5.41) is 6.44. The van der Waals surface area contributed by atoms with Gasteiger partial charge in [0.1, 0.15) is 11.5 Å². The Bertz CT molecular complexity index is 1370. The lowest BCUT2D eigenvalue weighted by Gasteiger charge is -2.09. The Morgan fingerprint density at radius 2 is 1.71 bits per heavy atom. The summed E-state index contributed by atoms with van der Waals surface area (Å²) in [5.41, 5.74) is 3.27. The first-order valence-corrected chi connectivity index (χ1v) is 11.4. The van der Waals surface area contributed by atoms with E-state index in [2.05, 4.69) is 26.5 Å². The molecule has 0 unspecified atom stereocenters. The monoisotopic (exact) mass is 536 g/mol. The third-order valence-corrected chi connectivity index (χ3v) is 5.50. The van der Waals surface area contributed by atoms with Crippen molar-refractivity contribution >= 4 is 56.4 Å². The van der Waals surface area contributed by atoms with Crippen molar-refractivity contribution in [2.75, 3.05) is 6.61 Å². The number of ether oxygens (including phenoxy) is 2. The lowest BCUT2D eigenvalue weighted by atomic mass is 10.1. The second-order valence-corrected chi connectivity index (χ2v) is 8.49. The fourth-order valence-corrected chi connectivity index (χ4v) is 3.63. The Hall–Kier alpha value is -3.68. The number of hydrogen-bond donors (Lipinski definition) is 1. The highest BCUT2D eigenvalue weighted by Gasteiger charge is 2.12. The van der Waals surface area contributed by atoms with Crippen LogP contribution in [0, 0.1) is 0 Å². The van der Waals surface area contributed by atoms with Crippen LogP contribution in [-0.2, 0) is 4.79 Å². The van der Waals surface area contributed by atoms with E-state index in [1.54, 1.807) is 42.5 Å². The molecule has 0 aliphatic rings. The van der Waals surface area contributed by atoms with Crippen molar-refractivity contribution in [3.05, 3.63) is 106 Å². The molecule has 0 aliphatic carbocycles. The molecule has 8 heteroatoms. The van der Waals surface area contributed by atoms with Gasteiger partial charge in [0.2, 0.25) is 0 Å². The van der Waals surface area contributed by atoms with Crippen LogP contribution in [0.1, 0.15) is 15.9 Å². The zero-order valence-corrected chi connectivity index (χ0v) is 20.0. The number of hydrazone groups is 1. The van der Waals surface area contributed by atoms with Gasteiger partial charge >= 0.3 is 5.97 Å². The van der Waals surface area contributed by atoms with Gasteiger partial charge in [-0.05, 0) is 53.9 Å². The lowest BCUT2D eigenvalue weighted by molar-refractivity contribution is -0.123.